The molecule has 0 saturated carbocycles. The predicted molar refractivity (Wildman–Crippen MR) is 59.7 cm³/mol. The van der Waals surface area contributed by atoms with Crippen molar-refractivity contribution in [2.45, 2.75) is 45.8 Å². The van der Waals surface area contributed by atoms with Crippen molar-refractivity contribution in [3.8, 4) is 0 Å². The number of hydrogen-bond acceptors (Lipinski definition) is 3. The maximum atomic E-state index is 5.52. The Morgan fingerprint density at radius 1 is 1.21 bits per heavy atom. The zero-order valence-electron chi connectivity index (χ0n) is 10.0. The number of ether oxygens (including phenoxy) is 2. The molecule has 0 aliphatic rings. The van der Waals surface area contributed by atoms with Crippen molar-refractivity contribution in [2.75, 3.05) is 26.9 Å². The van der Waals surface area contributed by atoms with Gasteiger partial charge in [-0.05, 0) is 20.3 Å². The molecular weight excluding hydrogens is 178 g/mol. The summed E-state index contributed by atoms with van der Waals surface area (Å²) in [5.74, 6) is 0. The fourth-order valence-electron chi connectivity index (χ4n) is 1.29. The standard InChI is InChI=1S/C11H25NO2/c1-5-6-10(2)12-9-11(3)14-8-7-13-4/h10-12H,5-9H2,1-4H3. The van der Waals surface area contributed by atoms with E-state index in [4.69, 9.17) is 9.47 Å². The second-order valence-electron chi connectivity index (χ2n) is 3.77. The van der Waals surface area contributed by atoms with Gasteiger partial charge in [-0.25, -0.2) is 0 Å². The van der Waals surface area contributed by atoms with Crippen molar-refractivity contribution in [1.82, 2.24) is 5.32 Å². The lowest BCUT2D eigenvalue weighted by molar-refractivity contribution is 0.0256. The molecule has 3 nitrogen and oxygen atoms in total. The monoisotopic (exact) mass is 203 g/mol. The molecule has 2 atom stereocenters. The summed E-state index contributed by atoms with van der Waals surface area (Å²) in [4.78, 5) is 0. The van der Waals surface area contributed by atoms with Gasteiger partial charge in [0.05, 0.1) is 19.3 Å². The van der Waals surface area contributed by atoms with Gasteiger partial charge in [-0.2, -0.15) is 0 Å². The highest BCUT2D eigenvalue weighted by atomic mass is 16.5. The summed E-state index contributed by atoms with van der Waals surface area (Å²) in [6, 6.07) is 0.591. The molecule has 0 rings (SSSR count). The van der Waals surface area contributed by atoms with Gasteiger partial charge >= 0.3 is 0 Å². The Morgan fingerprint density at radius 3 is 2.50 bits per heavy atom. The summed E-state index contributed by atoms with van der Waals surface area (Å²) in [5.41, 5.74) is 0. The third-order valence-electron chi connectivity index (χ3n) is 2.17. The largest absolute Gasteiger partial charge is 0.382 e. The molecule has 0 aromatic heterocycles. The molecule has 2 unspecified atom stereocenters. The molecule has 86 valence electrons. The first-order valence-corrected chi connectivity index (χ1v) is 5.54. The Hall–Kier alpha value is -0.120. The average molecular weight is 203 g/mol. The Labute approximate surface area is 88.2 Å². The van der Waals surface area contributed by atoms with E-state index in [1.165, 1.54) is 12.8 Å². The van der Waals surface area contributed by atoms with E-state index in [9.17, 15) is 0 Å². The van der Waals surface area contributed by atoms with Gasteiger partial charge in [0.2, 0.25) is 0 Å². The Morgan fingerprint density at radius 2 is 1.93 bits per heavy atom. The van der Waals surface area contributed by atoms with Crippen LogP contribution in [0.25, 0.3) is 0 Å². The summed E-state index contributed by atoms with van der Waals surface area (Å²) in [7, 11) is 1.69. The van der Waals surface area contributed by atoms with Crippen molar-refractivity contribution < 1.29 is 9.47 Å². The summed E-state index contributed by atoms with van der Waals surface area (Å²) in [6.07, 6.45) is 2.72. The number of hydrogen-bond donors (Lipinski definition) is 1. The first-order valence-electron chi connectivity index (χ1n) is 5.54. The third kappa shape index (κ3) is 8.48. The van der Waals surface area contributed by atoms with E-state index >= 15 is 0 Å². The van der Waals surface area contributed by atoms with Gasteiger partial charge in [-0.1, -0.05) is 13.3 Å². The highest BCUT2D eigenvalue weighted by molar-refractivity contribution is 4.62. The summed E-state index contributed by atoms with van der Waals surface area (Å²) >= 11 is 0. The van der Waals surface area contributed by atoms with Crippen LogP contribution in [0.4, 0.5) is 0 Å². The van der Waals surface area contributed by atoms with Gasteiger partial charge in [0.15, 0.2) is 0 Å². The molecule has 0 spiro atoms. The van der Waals surface area contributed by atoms with Crippen molar-refractivity contribution >= 4 is 0 Å². The van der Waals surface area contributed by atoms with Gasteiger partial charge in [0.1, 0.15) is 0 Å². The van der Waals surface area contributed by atoms with Gasteiger partial charge < -0.3 is 14.8 Å². The van der Waals surface area contributed by atoms with Gasteiger partial charge in [0, 0.05) is 19.7 Å². The van der Waals surface area contributed by atoms with Gasteiger partial charge in [-0.3, -0.25) is 0 Å². The minimum atomic E-state index is 0.268. The quantitative estimate of drug-likeness (QED) is 0.580. The van der Waals surface area contributed by atoms with Crippen molar-refractivity contribution in [3.05, 3.63) is 0 Å². The topological polar surface area (TPSA) is 30.5 Å². The Bertz CT molecular complexity index is 120. The fourth-order valence-corrected chi connectivity index (χ4v) is 1.29. The molecule has 0 saturated heterocycles. The molecule has 3 heteroatoms. The lowest BCUT2D eigenvalue weighted by Crippen LogP contribution is -2.34. The molecule has 1 N–H and O–H groups in total. The molecule has 0 aliphatic carbocycles. The summed E-state index contributed by atoms with van der Waals surface area (Å²) < 4.78 is 10.4. The highest BCUT2D eigenvalue weighted by Crippen LogP contribution is 1.96. The van der Waals surface area contributed by atoms with Gasteiger partial charge in [-0.15, -0.1) is 0 Å². The van der Waals surface area contributed by atoms with E-state index < -0.39 is 0 Å². The average Bonchev–Trinajstić information content (AvgIpc) is 2.16. The van der Waals surface area contributed by atoms with E-state index in [0.29, 0.717) is 19.3 Å². The van der Waals surface area contributed by atoms with Gasteiger partial charge in [0.25, 0.3) is 0 Å². The first kappa shape index (κ1) is 13.9. The van der Waals surface area contributed by atoms with E-state index in [1.807, 2.05) is 0 Å². The van der Waals surface area contributed by atoms with Crippen LogP contribution in [0.1, 0.15) is 33.6 Å². The third-order valence-corrected chi connectivity index (χ3v) is 2.17. The van der Waals surface area contributed by atoms with Crippen LogP contribution in [-0.2, 0) is 9.47 Å². The highest BCUT2D eigenvalue weighted by Gasteiger charge is 2.04. The lowest BCUT2D eigenvalue weighted by atomic mass is 10.2. The fraction of sp³-hybridized carbons (Fsp3) is 1.00. The molecule has 0 aromatic carbocycles. The van der Waals surface area contributed by atoms with Crippen LogP contribution in [0.5, 0.6) is 0 Å². The molecule has 0 aromatic rings. The van der Waals surface area contributed by atoms with Crippen molar-refractivity contribution in [3.63, 3.8) is 0 Å². The van der Waals surface area contributed by atoms with E-state index in [2.05, 4.69) is 26.1 Å². The maximum absolute atomic E-state index is 5.52. The molecule has 0 amide bonds. The van der Waals surface area contributed by atoms with Crippen LogP contribution in [0.15, 0.2) is 0 Å². The summed E-state index contributed by atoms with van der Waals surface area (Å²) in [5, 5.41) is 3.44. The number of methoxy groups -OCH3 is 1. The predicted octanol–water partition coefficient (Wildman–Crippen LogP) is 1.82. The number of rotatable bonds is 9. The second kappa shape index (κ2) is 9.44. The van der Waals surface area contributed by atoms with Crippen molar-refractivity contribution in [1.29, 1.82) is 0 Å². The lowest BCUT2D eigenvalue weighted by Gasteiger charge is -2.17. The van der Waals surface area contributed by atoms with Crippen molar-refractivity contribution in [2.24, 2.45) is 0 Å². The molecule has 0 fully saturated rings. The molecule has 14 heavy (non-hydrogen) atoms. The molecule has 0 heterocycles. The Kier molecular flexibility index (Phi) is 9.35. The molecular formula is C11H25NO2. The zero-order valence-corrected chi connectivity index (χ0v) is 10.0. The van der Waals surface area contributed by atoms with Crippen LogP contribution >= 0.6 is 0 Å². The van der Waals surface area contributed by atoms with E-state index in [1.54, 1.807) is 7.11 Å². The first-order chi connectivity index (χ1) is 6.70. The summed E-state index contributed by atoms with van der Waals surface area (Å²) in [6.45, 7) is 8.78. The number of nitrogens with one attached hydrogen (secondary N) is 1. The smallest absolute Gasteiger partial charge is 0.0704 e. The maximum Gasteiger partial charge on any atom is 0.0704 e. The van der Waals surface area contributed by atoms with Crippen LogP contribution in [-0.4, -0.2) is 39.0 Å². The minimum absolute atomic E-state index is 0.268. The second-order valence-corrected chi connectivity index (χ2v) is 3.77. The zero-order chi connectivity index (χ0) is 10.8. The molecule has 0 radical (unpaired) electrons. The minimum Gasteiger partial charge on any atom is -0.382 e. The SMILES string of the molecule is CCCC(C)NCC(C)OCCOC. The van der Waals surface area contributed by atoms with Crippen LogP contribution < -0.4 is 5.32 Å². The van der Waals surface area contributed by atoms with E-state index in [-0.39, 0.29) is 6.10 Å². The Balaban J connectivity index is 3.29. The van der Waals surface area contributed by atoms with Crippen LogP contribution in [0.3, 0.4) is 0 Å². The van der Waals surface area contributed by atoms with Crippen LogP contribution in [0, 0.1) is 0 Å². The van der Waals surface area contributed by atoms with E-state index in [0.717, 1.165) is 6.54 Å². The van der Waals surface area contributed by atoms with Crippen LogP contribution in [0.2, 0.25) is 0 Å². The molecule has 0 bridgehead atoms. The molecule has 0 aliphatic heterocycles. The normalized spacial score (nSPS) is 15.4.